The van der Waals surface area contributed by atoms with Crippen LogP contribution in [-0.2, 0) is 21.1 Å². The van der Waals surface area contributed by atoms with Crippen LogP contribution in [0.2, 0.25) is 0 Å². The molecule has 3 aromatic rings. The molecule has 26 heavy (non-hydrogen) atoms. The standard InChI is InChI=1S/C16H16N6O4/c1-20-12-13(21(2)16(24)22(3)14(12)23)18-15(20)19-17-7-9-4-5-10-11(6-9)26-8-25-10/h4-7H,8H2,1-3H3,(H,18,19)/b17-7-. The highest BCUT2D eigenvalue weighted by molar-refractivity contribution is 5.82. The number of nitrogens with one attached hydrogen (secondary N) is 1. The topological polar surface area (TPSA) is 105 Å². The summed E-state index contributed by atoms with van der Waals surface area (Å²) < 4.78 is 14.5. The van der Waals surface area contributed by atoms with Crippen molar-refractivity contribution in [3.8, 4) is 11.5 Å². The van der Waals surface area contributed by atoms with Gasteiger partial charge in [-0.05, 0) is 23.8 Å². The van der Waals surface area contributed by atoms with Crippen LogP contribution in [0.5, 0.6) is 11.5 Å². The summed E-state index contributed by atoms with van der Waals surface area (Å²) in [5, 5.41) is 4.15. The number of hydrogen-bond acceptors (Lipinski definition) is 7. The summed E-state index contributed by atoms with van der Waals surface area (Å²) in [5.41, 5.74) is 3.37. The molecule has 0 atom stereocenters. The Morgan fingerprint density at radius 1 is 1.12 bits per heavy atom. The van der Waals surface area contributed by atoms with E-state index in [1.165, 1.54) is 11.6 Å². The van der Waals surface area contributed by atoms with E-state index in [0.29, 0.717) is 28.6 Å². The first-order valence-electron chi connectivity index (χ1n) is 7.78. The number of nitrogens with zero attached hydrogens (tertiary/aromatic N) is 5. The Morgan fingerprint density at radius 2 is 1.88 bits per heavy atom. The second kappa shape index (κ2) is 5.76. The third-order valence-corrected chi connectivity index (χ3v) is 4.25. The van der Waals surface area contributed by atoms with Gasteiger partial charge in [0.15, 0.2) is 22.7 Å². The summed E-state index contributed by atoms with van der Waals surface area (Å²) in [7, 11) is 4.68. The maximum Gasteiger partial charge on any atom is 0.332 e. The van der Waals surface area contributed by atoms with E-state index in [9.17, 15) is 9.59 Å². The van der Waals surface area contributed by atoms with Crippen molar-refractivity contribution in [2.24, 2.45) is 26.2 Å². The van der Waals surface area contributed by atoms with Gasteiger partial charge in [-0.15, -0.1) is 0 Å². The van der Waals surface area contributed by atoms with Gasteiger partial charge < -0.3 is 14.0 Å². The van der Waals surface area contributed by atoms with Crippen LogP contribution < -0.4 is 26.1 Å². The average Bonchev–Trinajstić information content (AvgIpc) is 3.23. The van der Waals surface area contributed by atoms with Crippen LogP contribution in [0.1, 0.15) is 5.56 Å². The number of anilines is 1. The second-order valence-electron chi connectivity index (χ2n) is 5.86. The minimum Gasteiger partial charge on any atom is -0.454 e. The number of imidazole rings is 1. The Morgan fingerprint density at radius 3 is 2.69 bits per heavy atom. The molecular formula is C16H16N6O4. The molecule has 10 nitrogen and oxygen atoms in total. The normalized spacial score (nSPS) is 13.0. The SMILES string of the molecule is Cn1c(=O)c2c(nc(N/N=C\c3ccc4c(c3)OCO4)n2C)n(C)c1=O. The van der Waals surface area contributed by atoms with Crippen LogP contribution in [-0.4, -0.2) is 31.7 Å². The molecule has 3 heterocycles. The number of aromatic nitrogens is 4. The zero-order valence-electron chi connectivity index (χ0n) is 14.4. The predicted molar refractivity (Wildman–Crippen MR) is 95.0 cm³/mol. The van der Waals surface area contributed by atoms with E-state index in [2.05, 4.69) is 15.5 Å². The van der Waals surface area contributed by atoms with Gasteiger partial charge in [-0.2, -0.15) is 10.1 Å². The second-order valence-corrected chi connectivity index (χ2v) is 5.86. The fourth-order valence-corrected chi connectivity index (χ4v) is 2.78. The molecule has 0 bridgehead atoms. The van der Waals surface area contributed by atoms with Crippen molar-refractivity contribution in [1.82, 2.24) is 18.7 Å². The van der Waals surface area contributed by atoms with Crippen LogP contribution in [0.4, 0.5) is 5.95 Å². The van der Waals surface area contributed by atoms with E-state index in [0.717, 1.165) is 10.1 Å². The third-order valence-electron chi connectivity index (χ3n) is 4.25. The summed E-state index contributed by atoms with van der Waals surface area (Å²) in [5.74, 6) is 1.70. The van der Waals surface area contributed by atoms with Crippen LogP contribution in [0.15, 0.2) is 32.9 Å². The molecule has 0 spiro atoms. The van der Waals surface area contributed by atoms with E-state index < -0.39 is 11.2 Å². The maximum atomic E-state index is 12.3. The minimum atomic E-state index is -0.434. The average molecular weight is 356 g/mol. The van der Waals surface area contributed by atoms with E-state index in [1.54, 1.807) is 30.9 Å². The first-order valence-corrected chi connectivity index (χ1v) is 7.78. The van der Waals surface area contributed by atoms with Crippen molar-refractivity contribution >= 4 is 23.3 Å². The van der Waals surface area contributed by atoms with E-state index >= 15 is 0 Å². The molecule has 0 aliphatic carbocycles. The highest BCUT2D eigenvalue weighted by Crippen LogP contribution is 2.31. The first kappa shape index (κ1) is 15.9. The lowest BCUT2D eigenvalue weighted by molar-refractivity contribution is 0.174. The number of ether oxygens (including phenoxy) is 2. The van der Waals surface area contributed by atoms with Gasteiger partial charge in [0, 0.05) is 21.1 Å². The van der Waals surface area contributed by atoms with E-state index in [4.69, 9.17) is 9.47 Å². The molecular weight excluding hydrogens is 340 g/mol. The molecule has 1 aliphatic rings. The van der Waals surface area contributed by atoms with Gasteiger partial charge in [-0.25, -0.2) is 10.2 Å². The van der Waals surface area contributed by atoms with Gasteiger partial charge in [-0.1, -0.05) is 0 Å². The van der Waals surface area contributed by atoms with Gasteiger partial charge in [0.2, 0.25) is 12.7 Å². The molecule has 0 amide bonds. The number of rotatable bonds is 3. The third kappa shape index (κ3) is 2.34. The van der Waals surface area contributed by atoms with Crippen molar-refractivity contribution in [1.29, 1.82) is 0 Å². The van der Waals surface area contributed by atoms with Crippen LogP contribution in [0, 0.1) is 0 Å². The zero-order valence-corrected chi connectivity index (χ0v) is 14.4. The van der Waals surface area contributed by atoms with Gasteiger partial charge in [0.25, 0.3) is 5.56 Å². The molecule has 0 saturated heterocycles. The number of fused-ring (bicyclic) bond motifs is 2. The van der Waals surface area contributed by atoms with Crippen molar-refractivity contribution in [3.63, 3.8) is 0 Å². The minimum absolute atomic E-state index is 0.210. The number of hydrogen-bond donors (Lipinski definition) is 1. The van der Waals surface area contributed by atoms with Gasteiger partial charge in [0.1, 0.15) is 0 Å². The Balaban J connectivity index is 1.67. The summed E-state index contributed by atoms with van der Waals surface area (Å²) in [4.78, 5) is 28.7. The van der Waals surface area contributed by atoms with Crippen molar-refractivity contribution in [3.05, 3.63) is 44.6 Å². The molecule has 2 aromatic heterocycles. The summed E-state index contributed by atoms with van der Waals surface area (Å²) in [6.07, 6.45) is 1.60. The summed E-state index contributed by atoms with van der Waals surface area (Å²) >= 11 is 0. The fourth-order valence-electron chi connectivity index (χ4n) is 2.78. The lowest BCUT2D eigenvalue weighted by atomic mass is 10.2. The Hall–Kier alpha value is -3.56. The highest BCUT2D eigenvalue weighted by atomic mass is 16.7. The molecule has 1 N–H and O–H groups in total. The molecule has 4 rings (SSSR count). The number of hydrazone groups is 1. The summed E-state index contributed by atoms with van der Waals surface area (Å²) in [6, 6.07) is 5.45. The van der Waals surface area contributed by atoms with Gasteiger partial charge >= 0.3 is 5.69 Å². The Kier molecular flexibility index (Phi) is 3.53. The first-order chi connectivity index (χ1) is 12.5. The quantitative estimate of drug-likeness (QED) is 0.529. The molecule has 1 aliphatic heterocycles. The smallest absolute Gasteiger partial charge is 0.332 e. The van der Waals surface area contributed by atoms with Crippen LogP contribution in [0.25, 0.3) is 11.2 Å². The molecule has 0 radical (unpaired) electrons. The van der Waals surface area contributed by atoms with Gasteiger partial charge in [-0.3, -0.25) is 13.9 Å². The monoisotopic (exact) mass is 356 g/mol. The van der Waals surface area contributed by atoms with Crippen LogP contribution in [0.3, 0.4) is 0 Å². The lowest BCUT2D eigenvalue weighted by Gasteiger charge is -2.03. The van der Waals surface area contributed by atoms with Crippen molar-refractivity contribution in [2.45, 2.75) is 0 Å². The molecule has 134 valence electrons. The van der Waals surface area contributed by atoms with Crippen LogP contribution >= 0.6 is 0 Å². The Bertz CT molecular complexity index is 1170. The van der Waals surface area contributed by atoms with Crippen molar-refractivity contribution in [2.75, 3.05) is 12.2 Å². The largest absolute Gasteiger partial charge is 0.454 e. The van der Waals surface area contributed by atoms with Gasteiger partial charge in [0.05, 0.1) is 6.21 Å². The maximum absolute atomic E-state index is 12.3. The number of aryl methyl sites for hydroxylation is 2. The van der Waals surface area contributed by atoms with E-state index in [-0.39, 0.29) is 6.79 Å². The zero-order chi connectivity index (χ0) is 18.4. The fraction of sp³-hybridized carbons (Fsp3) is 0.250. The van der Waals surface area contributed by atoms with E-state index in [1.807, 2.05) is 12.1 Å². The summed E-state index contributed by atoms with van der Waals surface area (Å²) in [6.45, 7) is 0.210. The number of benzene rings is 1. The highest BCUT2D eigenvalue weighted by Gasteiger charge is 2.16. The molecule has 10 heteroatoms. The lowest BCUT2D eigenvalue weighted by Crippen LogP contribution is -2.37. The predicted octanol–water partition coefficient (Wildman–Crippen LogP) is 0.145. The molecule has 0 unspecified atom stereocenters. The molecule has 1 aromatic carbocycles. The molecule has 0 saturated carbocycles. The Labute approximate surface area is 146 Å². The molecule has 0 fully saturated rings. The van der Waals surface area contributed by atoms with Crippen molar-refractivity contribution < 1.29 is 9.47 Å².